The van der Waals surface area contributed by atoms with Crippen LogP contribution in [-0.2, 0) is 13.2 Å². The van der Waals surface area contributed by atoms with Gasteiger partial charge in [0.15, 0.2) is 11.2 Å². The molecule has 1 aliphatic carbocycles. The third-order valence-corrected chi connectivity index (χ3v) is 8.39. The van der Waals surface area contributed by atoms with E-state index in [1.807, 2.05) is 52.9 Å². The molecule has 2 aliphatic rings. The molecule has 0 amide bonds. The normalized spacial score (nSPS) is 18.1. The third-order valence-electron chi connectivity index (χ3n) is 8.39. The van der Waals surface area contributed by atoms with E-state index in [-0.39, 0.29) is 28.7 Å². The molecule has 1 aliphatic heterocycles. The summed E-state index contributed by atoms with van der Waals surface area (Å²) in [5.41, 5.74) is 3.69. The summed E-state index contributed by atoms with van der Waals surface area (Å²) in [6.07, 6.45) is -0.470. The molecule has 4 nitrogen and oxygen atoms in total. The van der Waals surface area contributed by atoms with Crippen LogP contribution in [0.4, 0.5) is 18.9 Å². The van der Waals surface area contributed by atoms with Crippen LogP contribution in [0.15, 0.2) is 89.7 Å². The zero-order valence-electron chi connectivity index (χ0n) is 21.7. The largest absolute Gasteiger partial charge is 0.417 e. The Bertz CT molecular complexity index is 1990. The van der Waals surface area contributed by atoms with Crippen LogP contribution in [0.25, 0.3) is 39.0 Å². The number of carbonyl (C=O) groups excluding carboxylic acids is 1. The van der Waals surface area contributed by atoms with Crippen LogP contribution in [0.5, 0.6) is 0 Å². The zero-order chi connectivity index (χ0) is 27.9. The number of nitrogens with zero attached hydrogens (tertiary/aromatic N) is 2. The molecule has 2 heterocycles. The molecule has 1 aromatic heterocycles. The van der Waals surface area contributed by atoms with Crippen LogP contribution in [0.1, 0.15) is 33.0 Å². The first-order chi connectivity index (χ1) is 19.1. The summed E-state index contributed by atoms with van der Waals surface area (Å²) in [6.45, 7) is 0. The lowest BCUT2D eigenvalue weighted by molar-refractivity contribution is -0.137. The van der Waals surface area contributed by atoms with Crippen LogP contribution in [0.3, 0.4) is 0 Å². The number of aromatic nitrogens is 1. The van der Waals surface area contributed by atoms with Crippen molar-refractivity contribution >= 4 is 39.4 Å². The van der Waals surface area contributed by atoms with Gasteiger partial charge in [0.1, 0.15) is 0 Å². The summed E-state index contributed by atoms with van der Waals surface area (Å²) in [5, 5.41) is 0.729. The SMILES string of the molecule is CN1c2cc3c(=O)c4cc(-c5ccccc5C(F)(F)F)ccc4n(C)c3cc2C(=O)C2c3ccccc3C=CC21. The minimum Gasteiger partial charge on any atom is -0.366 e. The van der Waals surface area contributed by atoms with Gasteiger partial charge < -0.3 is 9.47 Å². The molecule has 0 N–H and O–H groups in total. The van der Waals surface area contributed by atoms with E-state index in [0.29, 0.717) is 38.6 Å². The summed E-state index contributed by atoms with van der Waals surface area (Å²) in [5.74, 6) is -0.353. The number of hydrogen-bond acceptors (Lipinski definition) is 3. The van der Waals surface area contributed by atoms with Crippen LogP contribution < -0.4 is 10.3 Å². The fourth-order valence-corrected chi connectivity index (χ4v) is 6.38. The highest BCUT2D eigenvalue weighted by Gasteiger charge is 2.41. The van der Waals surface area contributed by atoms with Crippen molar-refractivity contribution in [3.8, 4) is 11.1 Å². The molecule has 4 aromatic carbocycles. The molecule has 5 aromatic rings. The van der Waals surface area contributed by atoms with E-state index in [1.165, 1.54) is 18.2 Å². The minimum atomic E-state index is -4.53. The Balaban J connectivity index is 1.44. The number of halogens is 3. The van der Waals surface area contributed by atoms with Crippen molar-refractivity contribution in [3.63, 3.8) is 0 Å². The first-order valence-electron chi connectivity index (χ1n) is 13.0. The second kappa shape index (κ2) is 8.42. The van der Waals surface area contributed by atoms with Crippen LogP contribution in [0, 0.1) is 0 Å². The molecule has 198 valence electrons. The predicted octanol–water partition coefficient (Wildman–Crippen LogP) is 7.19. The average Bonchev–Trinajstić information content (AvgIpc) is 2.96. The maximum atomic E-state index is 13.9. The number of alkyl halides is 3. The number of hydrogen-bond donors (Lipinski definition) is 0. The Morgan fingerprint density at radius 2 is 1.50 bits per heavy atom. The Hall–Kier alpha value is -4.65. The van der Waals surface area contributed by atoms with Gasteiger partial charge in [-0.1, -0.05) is 60.7 Å². The zero-order valence-corrected chi connectivity index (χ0v) is 21.7. The van der Waals surface area contributed by atoms with Crippen LogP contribution in [0.2, 0.25) is 0 Å². The third kappa shape index (κ3) is 3.40. The first-order valence-corrected chi connectivity index (χ1v) is 13.0. The maximum absolute atomic E-state index is 13.9. The van der Waals surface area contributed by atoms with E-state index in [9.17, 15) is 22.8 Å². The number of fused-ring (bicyclic) bond motifs is 6. The van der Waals surface area contributed by atoms with Crippen molar-refractivity contribution in [1.29, 1.82) is 0 Å². The van der Waals surface area contributed by atoms with Crippen LogP contribution >= 0.6 is 0 Å². The summed E-state index contributed by atoms with van der Waals surface area (Å²) in [4.78, 5) is 29.8. The predicted molar refractivity (Wildman–Crippen MR) is 152 cm³/mol. The van der Waals surface area contributed by atoms with Crippen molar-refractivity contribution in [2.45, 2.75) is 18.1 Å². The van der Waals surface area contributed by atoms with Gasteiger partial charge in [0.05, 0.1) is 28.6 Å². The molecular weight excluding hydrogens is 513 g/mol. The number of carbonyl (C=O) groups is 1. The Morgan fingerprint density at radius 3 is 2.30 bits per heavy atom. The molecule has 7 rings (SSSR count). The lowest BCUT2D eigenvalue weighted by Crippen LogP contribution is -2.45. The van der Waals surface area contributed by atoms with Crippen molar-refractivity contribution in [3.05, 3.63) is 117 Å². The van der Waals surface area contributed by atoms with E-state index >= 15 is 0 Å². The van der Waals surface area contributed by atoms with Crippen molar-refractivity contribution in [2.75, 3.05) is 11.9 Å². The highest BCUT2D eigenvalue weighted by molar-refractivity contribution is 6.12. The molecule has 0 radical (unpaired) electrons. The smallest absolute Gasteiger partial charge is 0.366 e. The van der Waals surface area contributed by atoms with E-state index in [2.05, 4.69) is 0 Å². The standard InChI is InChI=1S/C33H23F3N2O2/c1-37-26-13-12-19(20-8-5-6-10-25(20)33(34,35)36)15-22(26)31(39)23-16-29-24(17-28(23)37)32(40)30-21-9-4-3-7-18(21)11-14-27(30)38(29)2/h3-17,27,30H,1-2H3. The highest BCUT2D eigenvalue weighted by atomic mass is 19.4. The van der Waals surface area contributed by atoms with E-state index < -0.39 is 11.7 Å². The van der Waals surface area contributed by atoms with E-state index in [4.69, 9.17) is 0 Å². The van der Waals surface area contributed by atoms with Crippen molar-refractivity contribution < 1.29 is 18.0 Å². The number of anilines is 1. The van der Waals surface area contributed by atoms with E-state index in [0.717, 1.165) is 17.2 Å². The number of ketones is 1. The van der Waals surface area contributed by atoms with Gasteiger partial charge in [0.25, 0.3) is 0 Å². The fraction of sp³-hybridized carbons (Fsp3) is 0.152. The summed E-state index contributed by atoms with van der Waals surface area (Å²) in [6, 6.07) is 21.4. The molecule has 40 heavy (non-hydrogen) atoms. The van der Waals surface area contributed by atoms with Gasteiger partial charge in [0.2, 0.25) is 0 Å². The van der Waals surface area contributed by atoms with Gasteiger partial charge in [-0.2, -0.15) is 13.2 Å². The van der Waals surface area contributed by atoms with Gasteiger partial charge in [-0.3, -0.25) is 9.59 Å². The Morgan fingerprint density at radius 1 is 0.775 bits per heavy atom. The van der Waals surface area contributed by atoms with Gasteiger partial charge in [-0.25, -0.2) is 0 Å². The van der Waals surface area contributed by atoms with Crippen LogP contribution in [-0.4, -0.2) is 23.4 Å². The molecule has 7 heteroatoms. The number of aryl methyl sites for hydroxylation is 1. The quantitative estimate of drug-likeness (QED) is 0.213. The first kappa shape index (κ1) is 24.4. The minimum absolute atomic E-state index is 0.00320. The lowest BCUT2D eigenvalue weighted by atomic mass is 9.75. The van der Waals surface area contributed by atoms with Crippen molar-refractivity contribution in [1.82, 2.24) is 4.57 Å². The summed E-state index contributed by atoms with van der Waals surface area (Å²) < 4.78 is 43.0. The molecule has 0 spiro atoms. The van der Waals surface area contributed by atoms with Gasteiger partial charge in [0, 0.05) is 36.1 Å². The number of likely N-dealkylation sites (N-methyl/N-ethyl adjacent to an activating group) is 1. The van der Waals surface area contributed by atoms with Gasteiger partial charge >= 0.3 is 6.18 Å². The monoisotopic (exact) mass is 536 g/mol. The molecule has 0 bridgehead atoms. The summed E-state index contributed by atoms with van der Waals surface area (Å²) >= 11 is 0. The number of Topliss-reactive ketones (excluding diaryl/α,β-unsaturated/α-hetero) is 1. The second-order valence-corrected chi connectivity index (χ2v) is 10.5. The highest BCUT2D eigenvalue weighted by Crippen LogP contribution is 2.44. The lowest BCUT2D eigenvalue weighted by Gasteiger charge is -2.41. The molecule has 0 saturated carbocycles. The molecule has 2 unspecified atom stereocenters. The number of rotatable bonds is 1. The van der Waals surface area contributed by atoms with E-state index in [1.54, 1.807) is 37.4 Å². The Labute approximate surface area is 227 Å². The average molecular weight is 537 g/mol. The molecule has 0 saturated heterocycles. The van der Waals surface area contributed by atoms with Crippen molar-refractivity contribution in [2.24, 2.45) is 7.05 Å². The van der Waals surface area contributed by atoms with Gasteiger partial charge in [-0.15, -0.1) is 0 Å². The molecule has 0 fully saturated rings. The number of pyridine rings is 1. The van der Waals surface area contributed by atoms with Gasteiger partial charge in [-0.05, 0) is 52.6 Å². The fourth-order valence-electron chi connectivity index (χ4n) is 6.38. The second-order valence-electron chi connectivity index (χ2n) is 10.5. The maximum Gasteiger partial charge on any atom is 0.417 e. The number of benzene rings is 4. The summed E-state index contributed by atoms with van der Waals surface area (Å²) in [7, 11) is 3.73. The topological polar surface area (TPSA) is 42.3 Å². The molecular formula is C33H23F3N2O2. The molecule has 2 atom stereocenters. The Kier molecular flexibility index (Phi) is 5.14.